The molecule has 2 aromatic rings. The van der Waals surface area contributed by atoms with Crippen LogP contribution in [0.2, 0.25) is 0 Å². The van der Waals surface area contributed by atoms with Crippen molar-refractivity contribution in [2.75, 3.05) is 0 Å². The van der Waals surface area contributed by atoms with Crippen LogP contribution in [0.3, 0.4) is 0 Å². The Morgan fingerprint density at radius 1 is 1.13 bits per heavy atom. The average molecular weight is 216 g/mol. The highest BCUT2D eigenvalue weighted by Crippen LogP contribution is 2.17. The van der Waals surface area contributed by atoms with Crippen LogP contribution in [0.15, 0.2) is 42.5 Å². The molecule has 0 fully saturated rings. The molecule has 3 N–H and O–H groups in total. The number of nitrogens with two attached hydrogens (primary N) is 1. The van der Waals surface area contributed by atoms with Gasteiger partial charge in [-0.25, -0.2) is 0 Å². The zero-order valence-corrected chi connectivity index (χ0v) is 9.05. The molecule has 0 spiro atoms. The van der Waals surface area contributed by atoms with Gasteiger partial charge in [0.15, 0.2) is 5.11 Å². The lowest BCUT2D eigenvalue weighted by atomic mass is 10.0. The van der Waals surface area contributed by atoms with Gasteiger partial charge < -0.3 is 11.1 Å². The van der Waals surface area contributed by atoms with E-state index in [4.69, 9.17) is 18.0 Å². The van der Waals surface area contributed by atoms with E-state index in [9.17, 15) is 0 Å². The zero-order chi connectivity index (χ0) is 10.7. The molecule has 0 aromatic heterocycles. The van der Waals surface area contributed by atoms with Crippen LogP contribution in [0.1, 0.15) is 5.56 Å². The van der Waals surface area contributed by atoms with Crippen molar-refractivity contribution in [1.29, 1.82) is 0 Å². The van der Waals surface area contributed by atoms with Gasteiger partial charge in [-0.3, -0.25) is 0 Å². The van der Waals surface area contributed by atoms with E-state index in [1.807, 2.05) is 18.2 Å². The Morgan fingerprint density at radius 3 is 2.67 bits per heavy atom. The van der Waals surface area contributed by atoms with Gasteiger partial charge in [0.05, 0.1) is 0 Å². The number of nitrogens with one attached hydrogen (secondary N) is 1. The number of thiocarbonyl (C=S) groups is 1. The van der Waals surface area contributed by atoms with Gasteiger partial charge in [-0.1, -0.05) is 42.5 Å². The van der Waals surface area contributed by atoms with Gasteiger partial charge in [-0.2, -0.15) is 0 Å². The third kappa shape index (κ3) is 2.25. The third-order valence-corrected chi connectivity index (χ3v) is 2.48. The molecule has 3 heteroatoms. The second kappa shape index (κ2) is 4.28. The lowest BCUT2D eigenvalue weighted by molar-refractivity contribution is 0.929. The van der Waals surface area contributed by atoms with Gasteiger partial charge in [-0.15, -0.1) is 0 Å². The Hall–Kier alpha value is -1.61. The molecule has 0 radical (unpaired) electrons. The summed E-state index contributed by atoms with van der Waals surface area (Å²) in [5.74, 6) is 0. The van der Waals surface area contributed by atoms with Crippen molar-refractivity contribution in [3.05, 3.63) is 48.0 Å². The van der Waals surface area contributed by atoms with Crippen LogP contribution in [-0.4, -0.2) is 5.11 Å². The van der Waals surface area contributed by atoms with Gasteiger partial charge in [0.25, 0.3) is 0 Å². The molecule has 0 saturated heterocycles. The van der Waals surface area contributed by atoms with Gasteiger partial charge in [0.2, 0.25) is 0 Å². The minimum atomic E-state index is 0.336. The van der Waals surface area contributed by atoms with Crippen LogP contribution in [0.4, 0.5) is 0 Å². The smallest absolute Gasteiger partial charge is 0.163 e. The monoisotopic (exact) mass is 216 g/mol. The minimum absolute atomic E-state index is 0.336. The SMILES string of the molecule is NC(=S)NCc1cccc2ccccc12. The van der Waals surface area contributed by atoms with E-state index < -0.39 is 0 Å². The molecule has 0 aliphatic rings. The number of hydrogen-bond donors (Lipinski definition) is 2. The predicted octanol–water partition coefficient (Wildman–Crippen LogP) is 2.17. The molecule has 2 aromatic carbocycles. The molecule has 2 rings (SSSR count). The molecule has 0 aliphatic carbocycles. The molecule has 0 saturated carbocycles. The second-order valence-corrected chi connectivity index (χ2v) is 3.80. The van der Waals surface area contributed by atoms with Crippen LogP contribution >= 0.6 is 12.2 Å². The van der Waals surface area contributed by atoms with Crippen molar-refractivity contribution in [3.63, 3.8) is 0 Å². The summed E-state index contributed by atoms with van der Waals surface area (Å²) in [7, 11) is 0. The standard InChI is InChI=1S/C12H12N2S/c13-12(15)14-8-10-6-3-5-9-4-1-2-7-11(9)10/h1-7H,8H2,(H3,13,14,15). The van der Waals surface area contributed by atoms with Crippen molar-refractivity contribution < 1.29 is 0 Å². The van der Waals surface area contributed by atoms with Crippen molar-refractivity contribution >= 4 is 28.1 Å². The Morgan fingerprint density at radius 2 is 1.87 bits per heavy atom. The van der Waals surface area contributed by atoms with E-state index in [2.05, 4.69) is 29.6 Å². The fourth-order valence-corrected chi connectivity index (χ4v) is 1.70. The maximum atomic E-state index is 5.40. The van der Waals surface area contributed by atoms with Crippen molar-refractivity contribution in [2.24, 2.45) is 5.73 Å². The Balaban J connectivity index is 2.38. The van der Waals surface area contributed by atoms with Gasteiger partial charge in [0.1, 0.15) is 0 Å². The summed E-state index contributed by atoms with van der Waals surface area (Å²) < 4.78 is 0. The Kier molecular flexibility index (Phi) is 2.83. The highest BCUT2D eigenvalue weighted by Gasteiger charge is 1.99. The van der Waals surface area contributed by atoms with Crippen molar-refractivity contribution in [3.8, 4) is 0 Å². The van der Waals surface area contributed by atoms with E-state index in [0.29, 0.717) is 11.7 Å². The van der Waals surface area contributed by atoms with Crippen LogP contribution in [0, 0.1) is 0 Å². The number of benzene rings is 2. The maximum Gasteiger partial charge on any atom is 0.163 e. The second-order valence-electron chi connectivity index (χ2n) is 3.36. The van der Waals surface area contributed by atoms with Gasteiger partial charge in [0, 0.05) is 6.54 Å². The predicted molar refractivity (Wildman–Crippen MR) is 67.6 cm³/mol. The van der Waals surface area contributed by atoms with Crippen LogP contribution < -0.4 is 11.1 Å². The summed E-state index contributed by atoms with van der Waals surface area (Å²) in [6.07, 6.45) is 0. The fraction of sp³-hybridized carbons (Fsp3) is 0.0833. The molecule has 0 heterocycles. The minimum Gasteiger partial charge on any atom is -0.376 e. The fourth-order valence-electron chi connectivity index (χ4n) is 1.63. The van der Waals surface area contributed by atoms with Crippen molar-refractivity contribution in [2.45, 2.75) is 6.54 Å². The molecule has 0 bridgehead atoms. The summed E-state index contributed by atoms with van der Waals surface area (Å²) in [5, 5.41) is 5.77. The highest BCUT2D eigenvalue weighted by atomic mass is 32.1. The summed E-state index contributed by atoms with van der Waals surface area (Å²) in [6.45, 7) is 0.677. The Bertz CT molecular complexity index is 488. The third-order valence-electron chi connectivity index (χ3n) is 2.33. The van der Waals surface area contributed by atoms with Gasteiger partial charge in [-0.05, 0) is 28.6 Å². The van der Waals surface area contributed by atoms with Crippen LogP contribution in [0.5, 0.6) is 0 Å². The molecule has 2 nitrogen and oxygen atoms in total. The average Bonchev–Trinajstić information content (AvgIpc) is 2.26. The van der Waals surface area contributed by atoms with E-state index in [1.165, 1.54) is 16.3 Å². The highest BCUT2D eigenvalue weighted by molar-refractivity contribution is 7.80. The van der Waals surface area contributed by atoms with Gasteiger partial charge >= 0.3 is 0 Å². The number of fused-ring (bicyclic) bond motifs is 1. The molecule has 0 aliphatic heterocycles. The molecule has 0 atom stereocenters. The van der Waals surface area contributed by atoms with E-state index in [-0.39, 0.29) is 0 Å². The van der Waals surface area contributed by atoms with Crippen LogP contribution in [-0.2, 0) is 6.54 Å². The quantitative estimate of drug-likeness (QED) is 0.756. The maximum absolute atomic E-state index is 5.40. The largest absolute Gasteiger partial charge is 0.376 e. The Labute approximate surface area is 94.1 Å². The molecule has 0 amide bonds. The van der Waals surface area contributed by atoms with Crippen molar-refractivity contribution in [1.82, 2.24) is 5.32 Å². The van der Waals surface area contributed by atoms with E-state index in [1.54, 1.807) is 0 Å². The van der Waals surface area contributed by atoms with E-state index in [0.717, 1.165) is 0 Å². The summed E-state index contributed by atoms with van der Waals surface area (Å²) in [6, 6.07) is 14.5. The topological polar surface area (TPSA) is 38.0 Å². The van der Waals surface area contributed by atoms with E-state index >= 15 is 0 Å². The molecule has 15 heavy (non-hydrogen) atoms. The first-order valence-corrected chi connectivity index (χ1v) is 5.18. The molecule has 0 unspecified atom stereocenters. The summed E-state index contributed by atoms with van der Waals surface area (Å²) in [4.78, 5) is 0. The lowest BCUT2D eigenvalue weighted by Crippen LogP contribution is -2.28. The van der Waals surface area contributed by atoms with Crippen LogP contribution in [0.25, 0.3) is 10.8 Å². The first kappa shape index (κ1) is 9.93. The lowest BCUT2D eigenvalue weighted by Gasteiger charge is -2.07. The molecular formula is C12H12N2S. The zero-order valence-electron chi connectivity index (χ0n) is 8.23. The summed E-state index contributed by atoms with van der Waals surface area (Å²) >= 11 is 4.78. The first-order valence-electron chi connectivity index (χ1n) is 4.77. The normalized spacial score (nSPS) is 10.1. The number of rotatable bonds is 2. The molecular weight excluding hydrogens is 204 g/mol. The molecule has 76 valence electrons. The first-order chi connectivity index (χ1) is 7.27. The summed E-state index contributed by atoms with van der Waals surface area (Å²) in [5.41, 5.74) is 6.61. The number of hydrogen-bond acceptors (Lipinski definition) is 1.